The monoisotopic (exact) mass is 446 g/mol. The molecule has 0 saturated carbocycles. The van der Waals surface area contributed by atoms with Crippen molar-refractivity contribution >= 4 is 56.2 Å². The molecule has 4 heterocycles. The number of carbonyl (C=O) groups excluding carboxylic acids is 1. The van der Waals surface area contributed by atoms with Gasteiger partial charge in [0.15, 0.2) is 15.1 Å². The lowest BCUT2D eigenvalue weighted by atomic mass is 10.0. The molecule has 0 fully saturated rings. The van der Waals surface area contributed by atoms with Crippen molar-refractivity contribution in [3.63, 3.8) is 0 Å². The Hall–Kier alpha value is -2.49. The number of imidazole rings is 1. The molecule has 0 atom stereocenters. The fraction of sp³-hybridized carbons (Fsp3) is 0.263. The van der Waals surface area contributed by atoms with E-state index in [0.29, 0.717) is 21.5 Å². The molecule has 4 aromatic rings. The molecule has 4 aromatic heterocycles. The SMILES string of the molecule is O=C(C=Cc1c(Cl)nc2sccn12)OCc1cc(=O)n2c3c(sc2n1)CCCC3. The zero-order valence-corrected chi connectivity index (χ0v) is 17.5. The number of hydrogen-bond acceptors (Lipinski definition) is 7. The number of ether oxygens (including phenoxy) is 1. The van der Waals surface area contributed by atoms with E-state index in [1.165, 1.54) is 28.4 Å². The fourth-order valence-electron chi connectivity index (χ4n) is 3.48. The lowest BCUT2D eigenvalue weighted by Gasteiger charge is -2.10. The lowest BCUT2D eigenvalue weighted by Crippen LogP contribution is -2.18. The van der Waals surface area contributed by atoms with Gasteiger partial charge in [-0.2, -0.15) is 0 Å². The second-order valence-electron chi connectivity index (χ2n) is 6.67. The summed E-state index contributed by atoms with van der Waals surface area (Å²) in [6.45, 7) is -0.0640. The van der Waals surface area contributed by atoms with E-state index >= 15 is 0 Å². The molecule has 0 aromatic carbocycles. The van der Waals surface area contributed by atoms with Crippen molar-refractivity contribution in [2.24, 2.45) is 0 Å². The molecule has 0 aliphatic heterocycles. The smallest absolute Gasteiger partial charge is 0.331 e. The predicted molar refractivity (Wildman–Crippen MR) is 113 cm³/mol. The molecule has 0 N–H and O–H groups in total. The minimum absolute atomic E-state index is 0.0640. The van der Waals surface area contributed by atoms with Crippen molar-refractivity contribution < 1.29 is 9.53 Å². The van der Waals surface area contributed by atoms with E-state index in [0.717, 1.165) is 36.3 Å². The third kappa shape index (κ3) is 3.39. The number of rotatable bonds is 4. The van der Waals surface area contributed by atoms with Gasteiger partial charge in [0.2, 0.25) is 0 Å². The second-order valence-corrected chi connectivity index (χ2v) is 8.96. The summed E-state index contributed by atoms with van der Waals surface area (Å²) in [5.41, 5.74) is 2.01. The Morgan fingerprint density at radius 2 is 2.14 bits per heavy atom. The van der Waals surface area contributed by atoms with Crippen molar-refractivity contribution in [3.05, 3.63) is 61.2 Å². The summed E-state index contributed by atoms with van der Waals surface area (Å²) >= 11 is 9.11. The van der Waals surface area contributed by atoms with Gasteiger partial charge in [-0.3, -0.25) is 13.6 Å². The van der Waals surface area contributed by atoms with E-state index in [-0.39, 0.29) is 12.2 Å². The minimum atomic E-state index is -0.543. The molecule has 0 spiro atoms. The van der Waals surface area contributed by atoms with Crippen LogP contribution in [0.4, 0.5) is 0 Å². The fourth-order valence-corrected chi connectivity index (χ4v) is 5.72. The van der Waals surface area contributed by atoms with Crippen LogP contribution in [0.25, 0.3) is 16.0 Å². The molecule has 1 aliphatic rings. The van der Waals surface area contributed by atoms with Gasteiger partial charge in [-0.05, 0) is 31.8 Å². The summed E-state index contributed by atoms with van der Waals surface area (Å²) in [6.07, 6.45) is 8.83. The summed E-state index contributed by atoms with van der Waals surface area (Å²) in [5, 5.41) is 2.21. The predicted octanol–water partition coefficient (Wildman–Crippen LogP) is 3.75. The molecule has 10 heteroatoms. The molecular weight excluding hydrogens is 432 g/mol. The summed E-state index contributed by atoms with van der Waals surface area (Å²) in [4.78, 5) is 36.0. The van der Waals surface area contributed by atoms with Crippen molar-refractivity contribution in [2.75, 3.05) is 0 Å². The first-order valence-electron chi connectivity index (χ1n) is 9.09. The van der Waals surface area contributed by atoms with Crippen LogP contribution >= 0.6 is 34.3 Å². The number of aryl methyl sites for hydroxylation is 2. The number of carbonyl (C=O) groups is 1. The zero-order chi connectivity index (χ0) is 20.0. The van der Waals surface area contributed by atoms with Crippen molar-refractivity contribution in [3.8, 4) is 0 Å². The van der Waals surface area contributed by atoms with E-state index in [2.05, 4.69) is 9.97 Å². The molecule has 148 valence electrons. The average Bonchev–Trinajstić information content (AvgIpc) is 3.37. The maximum atomic E-state index is 12.5. The lowest BCUT2D eigenvalue weighted by molar-refractivity contribution is -0.139. The van der Waals surface area contributed by atoms with Crippen molar-refractivity contribution in [1.29, 1.82) is 0 Å². The average molecular weight is 447 g/mol. The van der Waals surface area contributed by atoms with Crippen LogP contribution in [0.1, 0.15) is 34.8 Å². The molecular formula is C19H15ClN4O3S2. The molecule has 29 heavy (non-hydrogen) atoms. The Bertz CT molecular complexity index is 1330. The van der Waals surface area contributed by atoms with Gasteiger partial charge < -0.3 is 4.74 Å². The Morgan fingerprint density at radius 3 is 3.03 bits per heavy atom. The van der Waals surface area contributed by atoms with Gasteiger partial charge in [0, 0.05) is 34.3 Å². The zero-order valence-electron chi connectivity index (χ0n) is 15.1. The maximum absolute atomic E-state index is 12.5. The topological polar surface area (TPSA) is 78.0 Å². The van der Waals surface area contributed by atoms with Gasteiger partial charge in [-0.1, -0.05) is 11.6 Å². The van der Waals surface area contributed by atoms with Crippen molar-refractivity contribution in [2.45, 2.75) is 32.3 Å². The van der Waals surface area contributed by atoms with Crippen LogP contribution in [0.2, 0.25) is 5.15 Å². The molecule has 7 nitrogen and oxygen atoms in total. The van der Waals surface area contributed by atoms with Gasteiger partial charge >= 0.3 is 5.97 Å². The molecule has 1 aliphatic carbocycles. The molecule has 5 rings (SSSR count). The first-order valence-corrected chi connectivity index (χ1v) is 11.2. The third-order valence-electron chi connectivity index (χ3n) is 4.81. The summed E-state index contributed by atoms with van der Waals surface area (Å²) in [6, 6.07) is 1.44. The number of hydrogen-bond donors (Lipinski definition) is 0. The van der Waals surface area contributed by atoms with Crippen LogP contribution < -0.4 is 5.56 Å². The highest BCUT2D eigenvalue weighted by atomic mass is 35.5. The Labute approximate surface area is 177 Å². The number of fused-ring (bicyclic) bond motifs is 4. The van der Waals surface area contributed by atoms with Gasteiger partial charge in [-0.15, -0.1) is 22.7 Å². The number of thiazole rings is 2. The van der Waals surface area contributed by atoms with Crippen molar-refractivity contribution in [1.82, 2.24) is 18.8 Å². The molecule has 0 radical (unpaired) electrons. The first kappa shape index (κ1) is 18.5. The number of nitrogens with zero attached hydrogens (tertiary/aromatic N) is 4. The second kappa shape index (κ2) is 7.40. The van der Waals surface area contributed by atoms with E-state index in [1.807, 2.05) is 11.6 Å². The highest BCUT2D eigenvalue weighted by molar-refractivity contribution is 7.17. The normalized spacial score (nSPS) is 14.1. The van der Waals surface area contributed by atoms with Crippen LogP contribution in [0.5, 0.6) is 0 Å². The molecule has 0 bridgehead atoms. The molecule has 0 unspecified atom stereocenters. The Balaban J connectivity index is 1.32. The molecule has 0 amide bonds. The van der Waals surface area contributed by atoms with Gasteiger partial charge in [0.05, 0.1) is 11.4 Å². The maximum Gasteiger partial charge on any atom is 0.331 e. The van der Waals surface area contributed by atoms with Crippen LogP contribution in [-0.4, -0.2) is 24.7 Å². The minimum Gasteiger partial charge on any atom is -0.456 e. The highest BCUT2D eigenvalue weighted by Crippen LogP contribution is 2.28. The Kier molecular flexibility index (Phi) is 4.73. The number of halogens is 1. The standard InChI is InChI=1S/C19H15ClN4O3S2/c20-17-13(23-7-8-28-18(23)22-17)5-6-16(26)27-10-11-9-15(25)24-12-3-1-2-4-14(12)29-19(24)21-11/h5-9H,1-4,10H2. The van der Waals surface area contributed by atoms with E-state index in [4.69, 9.17) is 16.3 Å². The largest absolute Gasteiger partial charge is 0.456 e. The first-order chi connectivity index (χ1) is 14.1. The van der Waals surface area contributed by atoms with Gasteiger partial charge in [0.1, 0.15) is 6.61 Å². The van der Waals surface area contributed by atoms with E-state index in [1.54, 1.807) is 26.2 Å². The van der Waals surface area contributed by atoms with Gasteiger partial charge in [-0.25, -0.2) is 14.8 Å². The molecule has 0 saturated heterocycles. The third-order valence-corrected chi connectivity index (χ3v) is 6.99. The summed E-state index contributed by atoms with van der Waals surface area (Å²) in [5.74, 6) is -0.543. The van der Waals surface area contributed by atoms with Crippen LogP contribution in [-0.2, 0) is 29.0 Å². The highest BCUT2D eigenvalue weighted by Gasteiger charge is 2.18. The van der Waals surface area contributed by atoms with E-state index < -0.39 is 5.97 Å². The summed E-state index contributed by atoms with van der Waals surface area (Å²) in [7, 11) is 0. The summed E-state index contributed by atoms with van der Waals surface area (Å²) < 4.78 is 8.75. The number of aromatic nitrogens is 4. The van der Waals surface area contributed by atoms with Crippen LogP contribution in [0, 0.1) is 0 Å². The van der Waals surface area contributed by atoms with E-state index in [9.17, 15) is 9.59 Å². The van der Waals surface area contributed by atoms with Crippen LogP contribution in [0.3, 0.4) is 0 Å². The Morgan fingerprint density at radius 1 is 1.28 bits per heavy atom. The number of esters is 1. The quantitative estimate of drug-likeness (QED) is 0.352. The van der Waals surface area contributed by atoms with Crippen LogP contribution in [0.15, 0.2) is 28.5 Å². The van der Waals surface area contributed by atoms with Gasteiger partial charge in [0.25, 0.3) is 5.56 Å².